The maximum atomic E-state index is 11.9. The monoisotopic (exact) mass is 354 g/mol. The van der Waals surface area contributed by atoms with Crippen LogP contribution in [0.3, 0.4) is 0 Å². The van der Waals surface area contributed by atoms with Crippen molar-refractivity contribution in [2.75, 3.05) is 25.4 Å². The van der Waals surface area contributed by atoms with Crippen molar-refractivity contribution in [3.05, 3.63) is 0 Å². The van der Waals surface area contributed by atoms with E-state index in [0.29, 0.717) is 13.0 Å². The fourth-order valence-corrected chi connectivity index (χ4v) is 2.49. The van der Waals surface area contributed by atoms with E-state index in [1.807, 2.05) is 0 Å². The Hall–Kier alpha value is -1.27. The van der Waals surface area contributed by atoms with Crippen molar-refractivity contribution in [2.45, 2.75) is 37.8 Å². The molecule has 0 aromatic carbocycles. The first-order valence-corrected chi connectivity index (χ1v) is 8.90. The highest BCUT2D eigenvalue weighted by Crippen LogP contribution is 1.99. The van der Waals surface area contributed by atoms with Crippen molar-refractivity contribution in [3.63, 3.8) is 0 Å². The molecule has 0 aromatic rings. The van der Waals surface area contributed by atoms with Gasteiger partial charge in [-0.1, -0.05) is 6.42 Å². The average Bonchev–Trinajstić information content (AvgIpc) is 2.42. The summed E-state index contributed by atoms with van der Waals surface area (Å²) in [6.07, 6.45) is 2.00. The molecule has 0 aliphatic rings. The second-order valence-corrected chi connectivity index (χ2v) is 6.69. The van der Waals surface area contributed by atoms with Crippen molar-refractivity contribution in [3.8, 4) is 0 Å². The van der Waals surface area contributed by atoms with E-state index < -0.39 is 33.8 Å². The molecule has 0 aromatic heterocycles. The predicted molar refractivity (Wildman–Crippen MR) is 84.3 cm³/mol. The molecule has 0 fully saturated rings. The summed E-state index contributed by atoms with van der Waals surface area (Å²) in [5.74, 6) is -2.62. The van der Waals surface area contributed by atoms with Gasteiger partial charge in [-0.2, -0.15) is 8.42 Å². The molecule has 11 heteroatoms. The SMILES string of the molecule is NCCCCC(N)CNC(CS(=O)(=O)O)C(=O)NCCC(=O)O. The maximum absolute atomic E-state index is 11.9. The van der Waals surface area contributed by atoms with Gasteiger partial charge in [0.1, 0.15) is 6.04 Å². The van der Waals surface area contributed by atoms with Gasteiger partial charge < -0.3 is 27.2 Å². The molecule has 8 N–H and O–H groups in total. The smallest absolute Gasteiger partial charge is 0.305 e. The first kappa shape index (κ1) is 21.7. The van der Waals surface area contributed by atoms with E-state index in [1.165, 1.54) is 0 Å². The number of hydrogen-bond acceptors (Lipinski definition) is 7. The Morgan fingerprint density at radius 3 is 2.39 bits per heavy atom. The molecular weight excluding hydrogens is 328 g/mol. The van der Waals surface area contributed by atoms with Crippen LogP contribution in [0.4, 0.5) is 0 Å². The van der Waals surface area contributed by atoms with Crippen molar-refractivity contribution < 1.29 is 27.7 Å². The molecular formula is C12H26N4O6S. The number of amides is 1. The molecule has 1 amide bonds. The van der Waals surface area contributed by atoms with Gasteiger partial charge in [0.05, 0.1) is 12.2 Å². The van der Waals surface area contributed by atoms with Crippen LogP contribution in [0.25, 0.3) is 0 Å². The van der Waals surface area contributed by atoms with Crippen LogP contribution in [0.2, 0.25) is 0 Å². The molecule has 10 nitrogen and oxygen atoms in total. The highest BCUT2D eigenvalue weighted by atomic mass is 32.2. The molecule has 2 unspecified atom stereocenters. The summed E-state index contributed by atoms with van der Waals surface area (Å²) in [6.45, 7) is 0.592. The molecule has 0 rings (SSSR count). The van der Waals surface area contributed by atoms with Crippen LogP contribution in [0, 0.1) is 0 Å². The van der Waals surface area contributed by atoms with E-state index in [9.17, 15) is 18.0 Å². The number of carboxylic acid groups (broad SMARTS) is 1. The average molecular weight is 354 g/mol. The molecule has 0 aliphatic carbocycles. The van der Waals surface area contributed by atoms with Gasteiger partial charge in [0.25, 0.3) is 10.1 Å². The predicted octanol–water partition coefficient (Wildman–Crippen LogP) is -2.12. The van der Waals surface area contributed by atoms with E-state index in [0.717, 1.165) is 12.8 Å². The lowest BCUT2D eigenvalue weighted by Gasteiger charge is -2.19. The van der Waals surface area contributed by atoms with Gasteiger partial charge in [-0.3, -0.25) is 14.1 Å². The number of nitrogens with one attached hydrogen (secondary N) is 2. The van der Waals surface area contributed by atoms with Crippen LogP contribution in [0.15, 0.2) is 0 Å². The van der Waals surface area contributed by atoms with Gasteiger partial charge in [0, 0.05) is 19.1 Å². The number of nitrogens with two attached hydrogens (primary N) is 2. The Morgan fingerprint density at radius 2 is 1.87 bits per heavy atom. The fourth-order valence-electron chi connectivity index (χ4n) is 1.80. The Balaban J connectivity index is 4.44. The van der Waals surface area contributed by atoms with Gasteiger partial charge in [-0.05, 0) is 19.4 Å². The van der Waals surface area contributed by atoms with Crippen molar-refractivity contribution >= 4 is 22.0 Å². The Morgan fingerprint density at radius 1 is 1.22 bits per heavy atom. The lowest BCUT2D eigenvalue weighted by Crippen LogP contribution is -2.51. The minimum Gasteiger partial charge on any atom is -0.481 e. The summed E-state index contributed by atoms with van der Waals surface area (Å²) in [4.78, 5) is 22.3. The lowest BCUT2D eigenvalue weighted by molar-refractivity contribution is -0.137. The topological polar surface area (TPSA) is 185 Å². The number of unbranched alkanes of at least 4 members (excludes halogenated alkanes) is 1. The molecule has 0 radical (unpaired) electrons. The van der Waals surface area contributed by atoms with E-state index >= 15 is 0 Å². The third-order valence-electron chi connectivity index (χ3n) is 2.99. The van der Waals surface area contributed by atoms with Crippen LogP contribution in [0.1, 0.15) is 25.7 Å². The van der Waals surface area contributed by atoms with Crippen molar-refractivity contribution in [1.29, 1.82) is 0 Å². The van der Waals surface area contributed by atoms with Gasteiger partial charge in [-0.25, -0.2) is 0 Å². The highest BCUT2D eigenvalue weighted by molar-refractivity contribution is 7.85. The normalized spacial score (nSPS) is 14.2. The summed E-state index contributed by atoms with van der Waals surface area (Å²) >= 11 is 0. The minimum atomic E-state index is -4.38. The Kier molecular flexibility index (Phi) is 10.7. The van der Waals surface area contributed by atoms with E-state index in [4.69, 9.17) is 21.1 Å². The molecule has 0 saturated heterocycles. The zero-order chi connectivity index (χ0) is 17.9. The third-order valence-corrected chi connectivity index (χ3v) is 3.74. The number of hydrogen-bond donors (Lipinski definition) is 6. The van der Waals surface area contributed by atoms with Gasteiger partial charge >= 0.3 is 5.97 Å². The number of carboxylic acids is 1. The number of carbonyl (C=O) groups excluding carboxylic acids is 1. The number of aliphatic carboxylic acids is 1. The van der Waals surface area contributed by atoms with Gasteiger partial charge in [0.15, 0.2) is 0 Å². The summed E-state index contributed by atoms with van der Waals surface area (Å²) in [5.41, 5.74) is 11.2. The number of carbonyl (C=O) groups is 2. The minimum absolute atomic E-state index is 0.139. The first-order valence-electron chi connectivity index (χ1n) is 7.29. The summed E-state index contributed by atoms with van der Waals surface area (Å²) in [5, 5.41) is 13.5. The standard InChI is InChI=1S/C12H26N4O6S/c13-5-2-1-3-9(14)7-16-10(8-23(20,21)22)12(19)15-6-4-11(17)18/h9-10,16H,1-8,13-14H2,(H,15,19)(H,17,18)(H,20,21,22). The lowest BCUT2D eigenvalue weighted by atomic mass is 10.1. The van der Waals surface area contributed by atoms with Crippen LogP contribution in [-0.4, -0.2) is 67.4 Å². The van der Waals surface area contributed by atoms with Gasteiger partial charge in [0.2, 0.25) is 5.91 Å². The fraction of sp³-hybridized carbons (Fsp3) is 0.833. The molecule has 0 heterocycles. The summed E-state index contributed by atoms with van der Waals surface area (Å²) < 4.78 is 30.9. The largest absolute Gasteiger partial charge is 0.481 e. The summed E-state index contributed by atoms with van der Waals surface area (Å²) in [6, 6.07) is -1.50. The molecule has 0 aliphatic heterocycles. The van der Waals surface area contributed by atoms with Crippen LogP contribution < -0.4 is 22.1 Å². The van der Waals surface area contributed by atoms with E-state index in [1.54, 1.807) is 0 Å². The molecule has 0 spiro atoms. The maximum Gasteiger partial charge on any atom is 0.305 e. The van der Waals surface area contributed by atoms with Crippen molar-refractivity contribution in [2.24, 2.45) is 11.5 Å². The highest BCUT2D eigenvalue weighted by Gasteiger charge is 2.24. The zero-order valence-electron chi connectivity index (χ0n) is 12.9. The Labute approximate surface area is 135 Å². The quantitative estimate of drug-likeness (QED) is 0.159. The zero-order valence-corrected chi connectivity index (χ0v) is 13.7. The van der Waals surface area contributed by atoms with Crippen LogP contribution in [0.5, 0.6) is 0 Å². The summed E-state index contributed by atoms with van der Waals surface area (Å²) in [7, 11) is -4.38. The Bertz CT molecular complexity index is 470. The van der Waals surface area contributed by atoms with Crippen LogP contribution in [-0.2, 0) is 19.7 Å². The molecule has 23 heavy (non-hydrogen) atoms. The number of rotatable bonds is 13. The second kappa shape index (κ2) is 11.3. The molecule has 0 bridgehead atoms. The first-order chi connectivity index (χ1) is 10.7. The van der Waals surface area contributed by atoms with Crippen LogP contribution >= 0.6 is 0 Å². The third kappa shape index (κ3) is 12.9. The molecule has 2 atom stereocenters. The second-order valence-electron chi connectivity index (χ2n) is 5.19. The van der Waals surface area contributed by atoms with Gasteiger partial charge in [-0.15, -0.1) is 0 Å². The van der Waals surface area contributed by atoms with E-state index in [2.05, 4.69) is 10.6 Å². The molecule has 136 valence electrons. The van der Waals surface area contributed by atoms with E-state index in [-0.39, 0.29) is 25.6 Å². The molecule has 0 saturated carbocycles. The van der Waals surface area contributed by atoms with Crippen molar-refractivity contribution in [1.82, 2.24) is 10.6 Å².